The molecular weight excluding hydrogens is 248 g/mol. The monoisotopic (exact) mass is 264 g/mol. The highest BCUT2D eigenvalue weighted by atomic mass is 16.2. The smallest absolute Gasteiger partial charge is 0.317 e. The Morgan fingerprint density at radius 3 is 3.00 bits per heavy atom. The number of aryl methyl sites for hydroxylation is 1. The third kappa shape index (κ3) is 1.79. The van der Waals surface area contributed by atoms with Crippen LogP contribution >= 0.6 is 0 Å². The van der Waals surface area contributed by atoms with Gasteiger partial charge in [0.25, 0.3) is 5.91 Å². The summed E-state index contributed by atoms with van der Waals surface area (Å²) in [6, 6.07) is 0.0149. The number of amides is 3. The van der Waals surface area contributed by atoms with Crippen molar-refractivity contribution in [1.82, 2.24) is 24.9 Å². The average molecular weight is 264 g/mol. The molecule has 3 amide bonds. The van der Waals surface area contributed by atoms with Crippen molar-refractivity contribution in [1.29, 1.82) is 0 Å². The normalized spacial score (nSPS) is 22.4. The molecule has 102 valence electrons. The van der Waals surface area contributed by atoms with Crippen molar-refractivity contribution in [2.75, 3.05) is 31.9 Å². The highest BCUT2D eigenvalue weighted by molar-refractivity contribution is 5.98. The molecule has 2 saturated heterocycles. The van der Waals surface area contributed by atoms with Crippen LogP contribution in [0.1, 0.15) is 10.4 Å². The van der Waals surface area contributed by atoms with Gasteiger partial charge < -0.3 is 20.9 Å². The molecule has 0 aliphatic carbocycles. The Balaban J connectivity index is 1.75. The molecule has 1 aromatic rings. The van der Waals surface area contributed by atoms with Gasteiger partial charge in [-0.25, -0.2) is 4.79 Å². The first-order chi connectivity index (χ1) is 9.08. The number of aromatic nitrogens is 2. The summed E-state index contributed by atoms with van der Waals surface area (Å²) in [6.45, 7) is 2.20. The highest BCUT2D eigenvalue weighted by Gasteiger charge is 2.37. The average Bonchev–Trinajstić information content (AvgIpc) is 2.94. The number of anilines is 1. The van der Waals surface area contributed by atoms with Gasteiger partial charge in [-0.15, -0.1) is 0 Å². The number of rotatable bonds is 1. The molecular formula is C11H16N6O2. The maximum atomic E-state index is 12.4. The second-order valence-corrected chi connectivity index (χ2v) is 4.85. The van der Waals surface area contributed by atoms with E-state index in [4.69, 9.17) is 5.73 Å². The van der Waals surface area contributed by atoms with Gasteiger partial charge in [0, 0.05) is 33.2 Å². The number of fused-ring (bicyclic) bond motifs is 1. The molecule has 2 aliphatic rings. The van der Waals surface area contributed by atoms with Gasteiger partial charge in [-0.1, -0.05) is 0 Å². The van der Waals surface area contributed by atoms with E-state index in [1.807, 2.05) is 0 Å². The van der Waals surface area contributed by atoms with Gasteiger partial charge in [0.15, 0.2) is 0 Å². The summed E-state index contributed by atoms with van der Waals surface area (Å²) in [6.07, 6.45) is 1.49. The Bertz CT molecular complexity index is 539. The number of nitrogens with zero attached hydrogens (tertiary/aromatic N) is 4. The van der Waals surface area contributed by atoms with Crippen molar-refractivity contribution in [2.45, 2.75) is 6.04 Å². The van der Waals surface area contributed by atoms with Crippen molar-refractivity contribution in [3.8, 4) is 0 Å². The number of piperazine rings is 1. The van der Waals surface area contributed by atoms with Gasteiger partial charge in [0.1, 0.15) is 11.4 Å². The van der Waals surface area contributed by atoms with E-state index in [0.29, 0.717) is 37.6 Å². The zero-order valence-electron chi connectivity index (χ0n) is 10.7. The van der Waals surface area contributed by atoms with Crippen molar-refractivity contribution >= 4 is 17.8 Å². The Labute approximate surface area is 110 Å². The number of hydrogen-bond acceptors (Lipinski definition) is 4. The minimum atomic E-state index is -0.121. The van der Waals surface area contributed by atoms with E-state index >= 15 is 0 Å². The van der Waals surface area contributed by atoms with Gasteiger partial charge in [-0.3, -0.25) is 9.48 Å². The van der Waals surface area contributed by atoms with Crippen LogP contribution in [-0.2, 0) is 7.05 Å². The van der Waals surface area contributed by atoms with Crippen LogP contribution in [0.3, 0.4) is 0 Å². The maximum Gasteiger partial charge on any atom is 0.317 e. The summed E-state index contributed by atoms with van der Waals surface area (Å²) in [5, 5.41) is 6.76. The Morgan fingerprint density at radius 2 is 2.32 bits per heavy atom. The lowest BCUT2D eigenvalue weighted by molar-refractivity contribution is 0.0618. The number of nitrogen functional groups attached to an aromatic ring is 1. The first-order valence-corrected chi connectivity index (χ1v) is 6.19. The van der Waals surface area contributed by atoms with Crippen molar-refractivity contribution in [3.63, 3.8) is 0 Å². The molecule has 2 aliphatic heterocycles. The summed E-state index contributed by atoms with van der Waals surface area (Å²) in [5.41, 5.74) is 6.24. The fourth-order valence-corrected chi connectivity index (χ4v) is 2.57. The van der Waals surface area contributed by atoms with E-state index in [1.165, 1.54) is 10.9 Å². The van der Waals surface area contributed by atoms with Gasteiger partial charge in [-0.05, 0) is 0 Å². The molecule has 3 heterocycles. The SMILES string of the molecule is Cn1ncc(C(=O)N2CCN3C(=O)NCC3C2)c1N. The predicted molar refractivity (Wildman–Crippen MR) is 67.4 cm³/mol. The summed E-state index contributed by atoms with van der Waals surface area (Å²) < 4.78 is 1.48. The molecule has 1 unspecified atom stereocenters. The largest absolute Gasteiger partial charge is 0.383 e. The molecule has 8 heteroatoms. The number of nitrogens with two attached hydrogens (primary N) is 1. The molecule has 8 nitrogen and oxygen atoms in total. The van der Waals surface area contributed by atoms with Crippen LogP contribution in [-0.4, -0.2) is 63.7 Å². The van der Waals surface area contributed by atoms with Crippen molar-refractivity contribution in [3.05, 3.63) is 11.8 Å². The van der Waals surface area contributed by atoms with E-state index in [-0.39, 0.29) is 18.0 Å². The fraction of sp³-hybridized carbons (Fsp3) is 0.545. The molecule has 2 fully saturated rings. The molecule has 3 rings (SSSR count). The van der Waals surface area contributed by atoms with Gasteiger partial charge in [0.2, 0.25) is 0 Å². The zero-order valence-corrected chi connectivity index (χ0v) is 10.7. The lowest BCUT2D eigenvalue weighted by Crippen LogP contribution is -2.53. The predicted octanol–water partition coefficient (Wildman–Crippen LogP) is -1.15. The minimum absolute atomic E-state index is 0.0435. The Hall–Kier alpha value is -2.25. The second-order valence-electron chi connectivity index (χ2n) is 4.85. The lowest BCUT2D eigenvalue weighted by Gasteiger charge is -2.36. The van der Waals surface area contributed by atoms with Gasteiger partial charge in [0.05, 0.1) is 12.2 Å². The molecule has 0 radical (unpaired) electrons. The Morgan fingerprint density at radius 1 is 1.53 bits per heavy atom. The van der Waals surface area contributed by atoms with Crippen molar-refractivity contribution < 1.29 is 9.59 Å². The zero-order chi connectivity index (χ0) is 13.6. The van der Waals surface area contributed by atoms with E-state index in [9.17, 15) is 9.59 Å². The highest BCUT2D eigenvalue weighted by Crippen LogP contribution is 2.18. The van der Waals surface area contributed by atoms with Crippen LogP contribution < -0.4 is 11.1 Å². The van der Waals surface area contributed by atoms with Gasteiger partial charge in [-0.2, -0.15) is 5.10 Å². The molecule has 0 aromatic carbocycles. The van der Waals surface area contributed by atoms with E-state index in [1.54, 1.807) is 16.8 Å². The summed E-state index contributed by atoms with van der Waals surface area (Å²) in [4.78, 5) is 27.4. The number of urea groups is 1. The van der Waals surface area contributed by atoms with Crippen LogP contribution in [0.2, 0.25) is 0 Å². The molecule has 0 bridgehead atoms. The Kier molecular flexibility index (Phi) is 2.58. The van der Waals surface area contributed by atoms with Crippen LogP contribution in [0.25, 0.3) is 0 Å². The lowest BCUT2D eigenvalue weighted by atomic mass is 10.1. The standard InChI is InChI=1S/C11H16N6O2/c1-15-9(12)8(5-14-15)10(18)16-2-3-17-7(6-16)4-13-11(17)19/h5,7H,2-4,6,12H2,1H3,(H,13,19). The first-order valence-electron chi connectivity index (χ1n) is 6.19. The summed E-state index contributed by atoms with van der Waals surface area (Å²) in [7, 11) is 1.70. The topological polar surface area (TPSA) is 96.5 Å². The fourth-order valence-electron chi connectivity index (χ4n) is 2.57. The summed E-state index contributed by atoms with van der Waals surface area (Å²) in [5.74, 6) is 0.248. The van der Waals surface area contributed by atoms with E-state index in [0.717, 1.165) is 0 Å². The number of hydrogen-bond donors (Lipinski definition) is 2. The summed E-state index contributed by atoms with van der Waals surface area (Å²) >= 11 is 0. The third-order valence-electron chi connectivity index (χ3n) is 3.73. The molecule has 1 atom stereocenters. The van der Waals surface area contributed by atoms with Gasteiger partial charge >= 0.3 is 6.03 Å². The number of carbonyl (C=O) groups is 2. The van der Waals surface area contributed by atoms with E-state index < -0.39 is 0 Å². The molecule has 1 aromatic heterocycles. The molecule has 3 N–H and O–H groups in total. The maximum absolute atomic E-state index is 12.4. The van der Waals surface area contributed by atoms with Crippen LogP contribution in [0.5, 0.6) is 0 Å². The molecule has 0 spiro atoms. The third-order valence-corrected chi connectivity index (χ3v) is 3.73. The van der Waals surface area contributed by atoms with Crippen LogP contribution in [0.15, 0.2) is 6.20 Å². The quantitative estimate of drug-likeness (QED) is 0.669. The number of carbonyl (C=O) groups excluding carboxylic acids is 2. The first kappa shape index (κ1) is 11.8. The second kappa shape index (κ2) is 4.15. The van der Waals surface area contributed by atoms with Crippen molar-refractivity contribution in [2.24, 2.45) is 7.05 Å². The molecule has 19 heavy (non-hydrogen) atoms. The number of nitrogens with one attached hydrogen (secondary N) is 1. The molecule has 0 saturated carbocycles. The minimum Gasteiger partial charge on any atom is -0.383 e. The van der Waals surface area contributed by atoms with E-state index in [2.05, 4.69) is 10.4 Å². The van der Waals surface area contributed by atoms with Crippen LogP contribution in [0, 0.1) is 0 Å². The van der Waals surface area contributed by atoms with Crippen LogP contribution in [0.4, 0.5) is 10.6 Å².